The molecule has 1 saturated carbocycles. The largest absolute Gasteiger partial charge is 0.480 e. The topological polar surface area (TPSA) is 78.2 Å². The third-order valence-corrected chi connectivity index (χ3v) is 7.51. The van der Waals surface area contributed by atoms with Crippen LogP contribution in [0.1, 0.15) is 47.9 Å². The quantitative estimate of drug-likeness (QED) is 0.439. The Morgan fingerprint density at radius 1 is 1.24 bits per heavy atom. The fraction of sp³-hybridized carbons (Fsp3) is 0.400. The molecule has 5 rings (SSSR count). The summed E-state index contributed by atoms with van der Waals surface area (Å²) in [6.07, 6.45) is -3.61. The van der Waals surface area contributed by atoms with Crippen molar-refractivity contribution in [3.8, 4) is 11.4 Å². The summed E-state index contributed by atoms with van der Waals surface area (Å²) in [7, 11) is 0. The van der Waals surface area contributed by atoms with Gasteiger partial charge in [0.25, 0.3) is 5.91 Å². The molecule has 3 aromatic rings. The summed E-state index contributed by atoms with van der Waals surface area (Å²) >= 11 is 6.08. The molecular weight excluding hydrogens is 516 g/mol. The van der Waals surface area contributed by atoms with E-state index in [0.717, 1.165) is 43.0 Å². The maximum Gasteiger partial charge on any atom is 0.425 e. The molecule has 2 aromatic carbocycles. The van der Waals surface area contributed by atoms with Gasteiger partial charge in [0.15, 0.2) is 6.10 Å². The number of fused-ring (bicyclic) bond motifs is 1. The molecule has 1 aromatic heterocycles. The third-order valence-electron chi connectivity index (χ3n) is 7.10. The normalized spacial score (nSPS) is 16.8. The summed E-state index contributed by atoms with van der Waals surface area (Å²) in [5.41, 5.74) is -0.553. The summed E-state index contributed by atoms with van der Waals surface area (Å²) in [5.74, 6) is -1.97. The van der Waals surface area contributed by atoms with Crippen molar-refractivity contribution in [2.75, 3.05) is 5.32 Å². The SMILES string of the molecule is Cc1c(Cl)cccc1NC(=O)c1cc(F)c(-n2nc3n(c2=O)CCC2(CC2)C3)cc1O[C@@H](C)C(F)(F)F. The highest BCUT2D eigenvalue weighted by molar-refractivity contribution is 6.31. The van der Waals surface area contributed by atoms with Gasteiger partial charge in [-0.15, -0.1) is 5.10 Å². The molecule has 0 bridgehead atoms. The molecule has 1 N–H and O–H groups in total. The number of nitrogens with zero attached hydrogens (tertiary/aromatic N) is 3. The summed E-state index contributed by atoms with van der Waals surface area (Å²) in [6, 6.07) is 6.38. The molecule has 2 heterocycles. The highest BCUT2D eigenvalue weighted by Gasteiger charge is 2.46. The zero-order chi connectivity index (χ0) is 26.7. The van der Waals surface area contributed by atoms with Crippen molar-refractivity contribution in [1.82, 2.24) is 14.3 Å². The van der Waals surface area contributed by atoms with E-state index < -0.39 is 46.7 Å². The van der Waals surface area contributed by atoms with Gasteiger partial charge in [0.2, 0.25) is 0 Å². The first kappa shape index (κ1) is 25.3. The van der Waals surface area contributed by atoms with E-state index in [9.17, 15) is 22.8 Å². The molecule has 0 unspecified atom stereocenters. The minimum absolute atomic E-state index is 0.126. The number of anilines is 1. The lowest BCUT2D eigenvalue weighted by atomic mass is 9.95. The van der Waals surface area contributed by atoms with Gasteiger partial charge in [0, 0.05) is 29.7 Å². The fourth-order valence-electron chi connectivity index (χ4n) is 4.50. The second-order valence-corrected chi connectivity index (χ2v) is 10.1. The van der Waals surface area contributed by atoms with Gasteiger partial charge in [-0.3, -0.25) is 9.36 Å². The fourth-order valence-corrected chi connectivity index (χ4v) is 4.67. The van der Waals surface area contributed by atoms with E-state index in [0.29, 0.717) is 35.1 Å². The maximum absolute atomic E-state index is 15.4. The summed E-state index contributed by atoms with van der Waals surface area (Å²) in [5, 5.41) is 7.18. The van der Waals surface area contributed by atoms with Crippen molar-refractivity contribution in [3.63, 3.8) is 0 Å². The first-order chi connectivity index (χ1) is 17.4. The van der Waals surface area contributed by atoms with Gasteiger partial charge in [-0.25, -0.2) is 9.18 Å². The molecule has 1 amide bonds. The van der Waals surface area contributed by atoms with E-state index >= 15 is 4.39 Å². The Kier molecular flexibility index (Phi) is 6.09. The molecular formula is C25H23ClF4N4O3. The Bertz CT molecular complexity index is 1460. The van der Waals surface area contributed by atoms with Crippen LogP contribution >= 0.6 is 11.6 Å². The molecule has 196 valence electrons. The highest BCUT2D eigenvalue weighted by atomic mass is 35.5. The van der Waals surface area contributed by atoms with Crippen LogP contribution < -0.4 is 15.7 Å². The van der Waals surface area contributed by atoms with Crippen LogP contribution in [-0.2, 0) is 13.0 Å². The first-order valence-electron chi connectivity index (χ1n) is 11.7. The molecule has 2 aliphatic rings. The Morgan fingerprint density at radius 2 is 1.97 bits per heavy atom. The van der Waals surface area contributed by atoms with E-state index in [4.69, 9.17) is 16.3 Å². The number of aromatic nitrogens is 3. The first-order valence-corrected chi connectivity index (χ1v) is 12.1. The maximum atomic E-state index is 15.4. The summed E-state index contributed by atoms with van der Waals surface area (Å²) in [6.45, 7) is 2.84. The van der Waals surface area contributed by atoms with Crippen LogP contribution in [0, 0.1) is 18.2 Å². The van der Waals surface area contributed by atoms with Gasteiger partial charge in [-0.05, 0) is 62.3 Å². The van der Waals surface area contributed by atoms with Crippen molar-refractivity contribution < 1.29 is 27.1 Å². The molecule has 1 spiro atoms. The molecule has 0 saturated heterocycles. The van der Waals surface area contributed by atoms with Crippen LogP contribution in [-0.4, -0.2) is 32.5 Å². The minimum atomic E-state index is -4.76. The van der Waals surface area contributed by atoms with Crippen molar-refractivity contribution in [3.05, 3.63) is 68.6 Å². The Balaban J connectivity index is 1.56. The van der Waals surface area contributed by atoms with Gasteiger partial charge < -0.3 is 10.1 Å². The lowest BCUT2D eigenvalue weighted by molar-refractivity contribution is -0.189. The second kappa shape index (κ2) is 8.90. The van der Waals surface area contributed by atoms with Crippen LogP contribution in [0.25, 0.3) is 5.69 Å². The number of halogens is 5. The average molecular weight is 539 g/mol. The number of rotatable bonds is 5. The van der Waals surface area contributed by atoms with Crippen LogP contribution in [0.2, 0.25) is 5.02 Å². The van der Waals surface area contributed by atoms with Crippen LogP contribution in [0.3, 0.4) is 0 Å². The molecule has 12 heteroatoms. The molecule has 1 fully saturated rings. The average Bonchev–Trinajstić information content (AvgIpc) is 3.50. The number of amides is 1. The zero-order valence-corrected chi connectivity index (χ0v) is 20.7. The minimum Gasteiger partial charge on any atom is -0.480 e. The van der Waals surface area contributed by atoms with Gasteiger partial charge in [0.05, 0.1) is 5.56 Å². The van der Waals surface area contributed by atoms with Crippen molar-refractivity contribution in [2.24, 2.45) is 5.41 Å². The summed E-state index contributed by atoms with van der Waals surface area (Å²) < 4.78 is 62.7. The number of nitrogens with one attached hydrogen (secondary N) is 1. The van der Waals surface area contributed by atoms with E-state index in [2.05, 4.69) is 10.4 Å². The smallest absolute Gasteiger partial charge is 0.425 e. The molecule has 1 atom stereocenters. The molecule has 37 heavy (non-hydrogen) atoms. The van der Waals surface area contributed by atoms with Gasteiger partial charge >= 0.3 is 11.9 Å². The predicted molar refractivity (Wildman–Crippen MR) is 128 cm³/mol. The van der Waals surface area contributed by atoms with Gasteiger partial charge in [-0.1, -0.05) is 17.7 Å². The monoisotopic (exact) mass is 538 g/mol. The van der Waals surface area contributed by atoms with Crippen LogP contribution in [0.4, 0.5) is 23.2 Å². The van der Waals surface area contributed by atoms with Crippen LogP contribution in [0.5, 0.6) is 5.75 Å². The van der Waals surface area contributed by atoms with E-state index in [-0.39, 0.29) is 5.41 Å². The number of carbonyl (C=O) groups excluding carboxylic acids is 1. The number of hydrogen-bond acceptors (Lipinski definition) is 4. The lowest BCUT2D eigenvalue weighted by Gasteiger charge is -2.20. The Labute approximate surface area is 214 Å². The third kappa shape index (κ3) is 4.72. The standard InChI is InChI=1S/C25H23ClF4N4O3/c1-13-16(26)4-3-5-18(13)31-22(35)15-10-17(27)19(11-20(15)37-14(2)25(28,29)30)34-23(36)33-9-8-24(6-7-24)12-21(33)32-34/h3-5,10-11,14H,6-9,12H2,1-2H3,(H,31,35)/t14-/m0/s1. The molecule has 7 nitrogen and oxygen atoms in total. The number of ether oxygens (including phenoxy) is 1. The molecule has 1 aliphatic carbocycles. The molecule has 1 aliphatic heterocycles. The van der Waals surface area contributed by atoms with Crippen molar-refractivity contribution in [2.45, 2.75) is 58.4 Å². The van der Waals surface area contributed by atoms with E-state index in [1.165, 1.54) is 4.57 Å². The number of alkyl halides is 3. The Morgan fingerprint density at radius 3 is 2.65 bits per heavy atom. The Hall–Kier alpha value is -3.34. The second-order valence-electron chi connectivity index (χ2n) is 9.66. The predicted octanol–water partition coefficient (Wildman–Crippen LogP) is 5.44. The highest BCUT2D eigenvalue weighted by Crippen LogP contribution is 2.53. The van der Waals surface area contributed by atoms with Gasteiger partial charge in [-0.2, -0.15) is 17.9 Å². The summed E-state index contributed by atoms with van der Waals surface area (Å²) in [4.78, 5) is 26.1. The van der Waals surface area contributed by atoms with Crippen LogP contribution in [0.15, 0.2) is 35.1 Å². The lowest BCUT2D eigenvalue weighted by Crippen LogP contribution is -2.32. The number of hydrogen-bond donors (Lipinski definition) is 1. The van der Waals surface area contributed by atoms with E-state index in [1.54, 1.807) is 25.1 Å². The van der Waals surface area contributed by atoms with E-state index in [1.807, 2.05) is 0 Å². The number of benzene rings is 2. The molecule has 0 radical (unpaired) electrons. The number of carbonyl (C=O) groups is 1. The van der Waals surface area contributed by atoms with Crippen molar-refractivity contribution >= 4 is 23.2 Å². The zero-order valence-electron chi connectivity index (χ0n) is 20.0. The van der Waals surface area contributed by atoms with Crippen molar-refractivity contribution in [1.29, 1.82) is 0 Å². The van der Waals surface area contributed by atoms with Gasteiger partial charge in [0.1, 0.15) is 23.1 Å².